The molecule has 7 heteroatoms. The standard InChI is InChI=1S/C22H21N5O2/c28-19-7-5-17(6-8-19)21-24-22-23-18(13-20(29)27(22)25-21)14-26-11-9-15-3-1-2-4-16(15)10-12-26/h1-8,13,28H,9-12,14H2,(H,23,24,25). The van der Waals surface area contributed by atoms with Crippen LogP contribution in [0, 0.1) is 0 Å². The minimum Gasteiger partial charge on any atom is -0.508 e. The highest BCUT2D eigenvalue weighted by atomic mass is 16.3. The molecule has 0 spiro atoms. The number of nitrogens with one attached hydrogen (secondary N) is 1. The molecule has 0 saturated carbocycles. The number of phenols is 1. The third kappa shape index (κ3) is 3.52. The number of H-pyrrole nitrogens is 1. The molecule has 1 aliphatic heterocycles. The molecule has 0 saturated heterocycles. The number of nitrogens with zero attached hydrogens (tertiary/aromatic N) is 4. The fourth-order valence-electron chi connectivity index (χ4n) is 3.86. The Bertz CT molecular complexity index is 1200. The van der Waals surface area contributed by atoms with Crippen LogP contribution in [0.25, 0.3) is 17.2 Å². The maximum absolute atomic E-state index is 12.6. The van der Waals surface area contributed by atoms with E-state index in [4.69, 9.17) is 0 Å². The molecule has 0 amide bonds. The Hall–Kier alpha value is -3.45. The molecule has 1 aliphatic rings. The number of rotatable bonds is 3. The van der Waals surface area contributed by atoms with E-state index in [0.717, 1.165) is 37.2 Å². The summed E-state index contributed by atoms with van der Waals surface area (Å²) >= 11 is 0. The van der Waals surface area contributed by atoms with Crippen molar-refractivity contribution < 1.29 is 5.11 Å². The zero-order chi connectivity index (χ0) is 19.8. The van der Waals surface area contributed by atoms with Crippen molar-refractivity contribution in [3.63, 3.8) is 0 Å². The first-order valence-corrected chi connectivity index (χ1v) is 9.73. The van der Waals surface area contributed by atoms with Gasteiger partial charge in [0, 0.05) is 31.3 Å². The Balaban J connectivity index is 1.40. The van der Waals surface area contributed by atoms with Gasteiger partial charge >= 0.3 is 0 Å². The minimum atomic E-state index is -0.180. The van der Waals surface area contributed by atoms with Crippen LogP contribution in [-0.4, -0.2) is 42.7 Å². The first-order chi connectivity index (χ1) is 14.2. The number of aromatic amines is 1. The van der Waals surface area contributed by atoms with Crippen LogP contribution in [0.5, 0.6) is 5.75 Å². The predicted molar refractivity (Wildman–Crippen MR) is 110 cm³/mol. The summed E-state index contributed by atoms with van der Waals surface area (Å²) < 4.78 is 1.35. The first-order valence-electron chi connectivity index (χ1n) is 9.73. The molecule has 2 aromatic heterocycles. The molecular formula is C22H21N5O2. The van der Waals surface area contributed by atoms with Crippen LogP contribution in [-0.2, 0) is 19.4 Å². The van der Waals surface area contributed by atoms with Crippen LogP contribution in [0.15, 0.2) is 59.4 Å². The summed E-state index contributed by atoms with van der Waals surface area (Å²) in [6, 6.07) is 16.8. The fourth-order valence-corrected chi connectivity index (χ4v) is 3.86. The van der Waals surface area contributed by atoms with E-state index >= 15 is 0 Å². The first kappa shape index (κ1) is 17.6. The van der Waals surface area contributed by atoms with E-state index in [1.54, 1.807) is 30.3 Å². The van der Waals surface area contributed by atoms with Gasteiger partial charge in [-0.15, -0.1) is 0 Å². The Morgan fingerprint density at radius 1 is 0.966 bits per heavy atom. The molecular weight excluding hydrogens is 366 g/mol. The van der Waals surface area contributed by atoms with Gasteiger partial charge in [-0.2, -0.15) is 9.50 Å². The Morgan fingerprint density at radius 2 is 1.66 bits per heavy atom. The van der Waals surface area contributed by atoms with Crippen LogP contribution in [0.4, 0.5) is 0 Å². The van der Waals surface area contributed by atoms with Gasteiger partial charge in [0.05, 0.1) is 5.69 Å². The molecule has 0 bridgehead atoms. The van der Waals surface area contributed by atoms with Gasteiger partial charge in [-0.1, -0.05) is 24.3 Å². The molecule has 29 heavy (non-hydrogen) atoms. The number of hydrogen-bond acceptors (Lipinski definition) is 5. The smallest absolute Gasteiger partial charge is 0.274 e. The summed E-state index contributed by atoms with van der Waals surface area (Å²) in [5.41, 5.74) is 4.14. The molecule has 146 valence electrons. The summed E-state index contributed by atoms with van der Waals surface area (Å²) in [7, 11) is 0. The second-order valence-electron chi connectivity index (χ2n) is 7.39. The summed E-state index contributed by atoms with van der Waals surface area (Å²) in [4.78, 5) is 24.0. The van der Waals surface area contributed by atoms with Crippen LogP contribution >= 0.6 is 0 Å². The molecule has 0 fully saturated rings. The van der Waals surface area contributed by atoms with Gasteiger partial charge in [0.25, 0.3) is 11.3 Å². The van der Waals surface area contributed by atoms with Crippen molar-refractivity contribution >= 4 is 5.78 Å². The number of aromatic hydroxyl groups is 1. The van der Waals surface area contributed by atoms with E-state index in [0.29, 0.717) is 18.1 Å². The zero-order valence-corrected chi connectivity index (χ0v) is 15.9. The summed E-state index contributed by atoms with van der Waals surface area (Å²) in [6.07, 6.45) is 2.01. The van der Waals surface area contributed by atoms with Gasteiger partial charge < -0.3 is 5.11 Å². The lowest BCUT2D eigenvalue weighted by molar-refractivity contribution is 0.276. The molecule has 0 aliphatic carbocycles. The van der Waals surface area contributed by atoms with E-state index in [2.05, 4.69) is 44.2 Å². The molecule has 0 radical (unpaired) electrons. The maximum atomic E-state index is 12.6. The lowest BCUT2D eigenvalue weighted by Crippen LogP contribution is -2.27. The number of aromatic nitrogens is 4. The lowest BCUT2D eigenvalue weighted by atomic mass is 10.0. The molecule has 4 aromatic rings. The van der Waals surface area contributed by atoms with Gasteiger partial charge in [-0.25, -0.2) is 4.98 Å². The monoisotopic (exact) mass is 387 g/mol. The van der Waals surface area contributed by atoms with Crippen LogP contribution in [0.1, 0.15) is 16.8 Å². The van der Waals surface area contributed by atoms with Crippen molar-refractivity contribution in [2.75, 3.05) is 13.1 Å². The highest BCUT2D eigenvalue weighted by molar-refractivity contribution is 5.57. The third-order valence-electron chi connectivity index (χ3n) is 5.42. The van der Waals surface area contributed by atoms with E-state index < -0.39 is 0 Å². The second-order valence-corrected chi connectivity index (χ2v) is 7.39. The molecule has 0 unspecified atom stereocenters. The molecule has 2 N–H and O–H groups in total. The third-order valence-corrected chi connectivity index (χ3v) is 5.42. The largest absolute Gasteiger partial charge is 0.508 e. The average molecular weight is 387 g/mol. The molecule has 5 rings (SSSR count). The van der Waals surface area contributed by atoms with Crippen molar-refractivity contribution in [2.45, 2.75) is 19.4 Å². The molecule has 7 nitrogen and oxygen atoms in total. The van der Waals surface area contributed by atoms with Crippen LogP contribution < -0.4 is 5.56 Å². The Morgan fingerprint density at radius 3 is 2.34 bits per heavy atom. The van der Waals surface area contributed by atoms with Crippen molar-refractivity contribution in [1.29, 1.82) is 0 Å². The van der Waals surface area contributed by atoms with Gasteiger partial charge in [-0.05, 0) is 48.2 Å². The van der Waals surface area contributed by atoms with E-state index in [-0.39, 0.29) is 11.3 Å². The van der Waals surface area contributed by atoms with Gasteiger partial charge in [0.15, 0.2) is 5.82 Å². The zero-order valence-electron chi connectivity index (χ0n) is 15.9. The van der Waals surface area contributed by atoms with Gasteiger partial charge in [0.1, 0.15) is 5.75 Å². The van der Waals surface area contributed by atoms with E-state index in [9.17, 15) is 9.90 Å². The Kier molecular flexibility index (Phi) is 4.37. The fraction of sp³-hybridized carbons (Fsp3) is 0.227. The van der Waals surface area contributed by atoms with Crippen LogP contribution in [0.3, 0.4) is 0 Å². The molecule has 2 aromatic carbocycles. The number of hydrogen-bond donors (Lipinski definition) is 2. The average Bonchev–Trinajstić information content (AvgIpc) is 3.05. The minimum absolute atomic E-state index is 0.180. The summed E-state index contributed by atoms with van der Waals surface area (Å²) in [5.74, 6) is 1.08. The summed E-state index contributed by atoms with van der Waals surface area (Å²) in [6.45, 7) is 2.51. The highest BCUT2D eigenvalue weighted by Crippen LogP contribution is 2.19. The molecule has 0 atom stereocenters. The molecule has 3 heterocycles. The Labute approximate surface area is 167 Å². The highest BCUT2D eigenvalue weighted by Gasteiger charge is 2.16. The van der Waals surface area contributed by atoms with Crippen molar-refractivity contribution in [3.05, 3.63) is 81.8 Å². The van der Waals surface area contributed by atoms with Crippen molar-refractivity contribution in [2.24, 2.45) is 0 Å². The maximum Gasteiger partial charge on any atom is 0.274 e. The van der Waals surface area contributed by atoms with Gasteiger partial charge in [0.2, 0.25) is 0 Å². The topological polar surface area (TPSA) is 86.5 Å². The SMILES string of the molecule is O=c1cc(CN2CCc3ccccc3CC2)nc2nc(-c3ccc(O)cc3)[nH]n12. The normalized spacial score (nSPS) is 14.6. The van der Waals surface area contributed by atoms with E-state index in [1.165, 1.54) is 15.6 Å². The number of phenolic OH excluding ortho intramolecular Hbond substituents is 1. The van der Waals surface area contributed by atoms with Crippen LogP contribution in [0.2, 0.25) is 0 Å². The second kappa shape index (κ2) is 7.18. The van der Waals surface area contributed by atoms with E-state index in [1.807, 2.05) is 0 Å². The van der Waals surface area contributed by atoms with Crippen molar-refractivity contribution in [1.82, 2.24) is 24.5 Å². The van der Waals surface area contributed by atoms with Crippen molar-refractivity contribution in [3.8, 4) is 17.1 Å². The predicted octanol–water partition coefficient (Wildman–Crippen LogP) is 2.39. The summed E-state index contributed by atoms with van der Waals surface area (Å²) in [5, 5.41) is 12.4. The number of benzene rings is 2. The quantitative estimate of drug-likeness (QED) is 0.564. The van der Waals surface area contributed by atoms with Gasteiger partial charge in [-0.3, -0.25) is 14.8 Å². The number of fused-ring (bicyclic) bond motifs is 2. The lowest BCUT2D eigenvalue weighted by Gasteiger charge is -2.18.